The molecular weight excluding hydrogens is 248 g/mol. The van der Waals surface area contributed by atoms with E-state index < -0.39 is 0 Å². The second-order valence-electron chi connectivity index (χ2n) is 4.36. The van der Waals surface area contributed by atoms with Crippen LogP contribution in [0.25, 0.3) is 0 Å². The molecule has 1 aromatic heterocycles. The topological polar surface area (TPSA) is 38.1 Å². The normalized spacial score (nSPS) is 10.9. The van der Waals surface area contributed by atoms with Crippen molar-refractivity contribution < 1.29 is 5.11 Å². The van der Waals surface area contributed by atoms with Gasteiger partial charge in [0.25, 0.3) is 0 Å². The van der Waals surface area contributed by atoms with Gasteiger partial charge in [-0.1, -0.05) is 29.8 Å². The number of benzene rings is 1. The highest BCUT2D eigenvalue weighted by Crippen LogP contribution is 2.20. The van der Waals surface area contributed by atoms with E-state index in [0.717, 1.165) is 34.2 Å². The molecule has 2 rings (SSSR count). The van der Waals surface area contributed by atoms with Gasteiger partial charge in [0.1, 0.15) is 5.82 Å². The molecule has 0 radical (unpaired) electrons. The molecule has 0 spiro atoms. The summed E-state index contributed by atoms with van der Waals surface area (Å²) in [4.78, 5) is 4.58. The van der Waals surface area contributed by atoms with Crippen LogP contribution in [0.1, 0.15) is 22.8 Å². The number of halogens is 1. The van der Waals surface area contributed by atoms with E-state index in [1.807, 2.05) is 42.8 Å². The van der Waals surface area contributed by atoms with Crippen LogP contribution in [0.3, 0.4) is 0 Å². The van der Waals surface area contributed by atoms with Gasteiger partial charge in [0.2, 0.25) is 0 Å². The number of aromatic nitrogens is 2. The second kappa shape index (κ2) is 5.55. The average Bonchev–Trinajstić information content (AvgIpc) is 2.61. The van der Waals surface area contributed by atoms with Crippen LogP contribution < -0.4 is 0 Å². The summed E-state index contributed by atoms with van der Waals surface area (Å²) >= 11 is 6.16. The van der Waals surface area contributed by atoms with E-state index in [1.165, 1.54) is 0 Å². The molecule has 0 saturated heterocycles. The number of imidazole rings is 1. The van der Waals surface area contributed by atoms with Crippen LogP contribution in [0.5, 0.6) is 0 Å². The van der Waals surface area contributed by atoms with Gasteiger partial charge in [-0.15, -0.1) is 0 Å². The van der Waals surface area contributed by atoms with E-state index in [-0.39, 0.29) is 6.61 Å². The summed E-state index contributed by atoms with van der Waals surface area (Å²) in [5.74, 6) is 0.914. The van der Waals surface area contributed by atoms with Crippen LogP contribution in [-0.4, -0.2) is 21.3 Å². The predicted molar refractivity (Wildman–Crippen MR) is 73.0 cm³/mol. The Bertz CT molecular complexity index is 549. The number of aliphatic hydroxyl groups is 1. The van der Waals surface area contributed by atoms with Crippen molar-refractivity contribution in [3.05, 3.63) is 52.1 Å². The van der Waals surface area contributed by atoms with E-state index in [1.54, 1.807) is 0 Å². The van der Waals surface area contributed by atoms with Gasteiger partial charge in [-0.2, -0.15) is 0 Å². The summed E-state index contributed by atoms with van der Waals surface area (Å²) in [5, 5.41) is 9.77. The van der Waals surface area contributed by atoms with Crippen molar-refractivity contribution in [2.24, 2.45) is 7.05 Å². The molecule has 96 valence electrons. The molecule has 0 bridgehead atoms. The quantitative estimate of drug-likeness (QED) is 0.922. The summed E-state index contributed by atoms with van der Waals surface area (Å²) in [5.41, 5.74) is 3.23. The Balaban J connectivity index is 2.30. The maximum absolute atomic E-state index is 9.00. The lowest BCUT2D eigenvalue weighted by Crippen LogP contribution is -2.01. The summed E-state index contributed by atoms with van der Waals surface area (Å²) in [6.07, 6.45) is 1.31. The third-order valence-corrected chi connectivity index (χ3v) is 3.59. The fourth-order valence-electron chi connectivity index (χ4n) is 2.01. The van der Waals surface area contributed by atoms with Crippen molar-refractivity contribution in [3.63, 3.8) is 0 Å². The number of hydrogen-bond donors (Lipinski definition) is 1. The predicted octanol–water partition coefficient (Wildman–Crippen LogP) is 2.51. The molecule has 0 fully saturated rings. The van der Waals surface area contributed by atoms with Crippen LogP contribution in [-0.2, 0) is 19.9 Å². The van der Waals surface area contributed by atoms with Crippen LogP contribution in [0.4, 0.5) is 0 Å². The minimum atomic E-state index is 0.121. The maximum atomic E-state index is 9.00. The molecule has 0 aliphatic heterocycles. The number of nitrogens with zero attached hydrogens (tertiary/aromatic N) is 2. The van der Waals surface area contributed by atoms with Gasteiger partial charge in [-0.05, 0) is 18.6 Å². The molecule has 18 heavy (non-hydrogen) atoms. The van der Waals surface area contributed by atoms with Gasteiger partial charge in [-0.25, -0.2) is 4.98 Å². The van der Waals surface area contributed by atoms with Crippen molar-refractivity contribution in [2.75, 3.05) is 6.61 Å². The van der Waals surface area contributed by atoms with Crippen molar-refractivity contribution in [2.45, 2.75) is 19.8 Å². The van der Waals surface area contributed by atoms with Crippen LogP contribution >= 0.6 is 11.6 Å². The van der Waals surface area contributed by atoms with E-state index in [2.05, 4.69) is 4.98 Å². The Labute approximate surface area is 112 Å². The lowest BCUT2D eigenvalue weighted by Gasteiger charge is -2.03. The highest BCUT2D eigenvalue weighted by atomic mass is 35.5. The molecule has 0 amide bonds. The van der Waals surface area contributed by atoms with Gasteiger partial charge in [0.05, 0.1) is 12.3 Å². The first kappa shape index (κ1) is 13.1. The van der Waals surface area contributed by atoms with E-state index in [0.29, 0.717) is 6.42 Å². The molecule has 1 heterocycles. The summed E-state index contributed by atoms with van der Waals surface area (Å²) in [7, 11) is 1.98. The molecule has 2 aromatic rings. The molecular formula is C14H17ClN2O. The highest BCUT2D eigenvalue weighted by Gasteiger charge is 2.12. The SMILES string of the molecule is Cc1c(Cc2ccccc2Cl)nc(CCO)n1C. The Kier molecular flexibility index (Phi) is 4.04. The van der Waals surface area contributed by atoms with Crippen molar-refractivity contribution >= 4 is 11.6 Å². The van der Waals surface area contributed by atoms with Gasteiger partial charge in [0.15, 0.2) is 0 Å². The molecule has 3 nitrogen and oxygen atoms in total. The minimum absolute atomic E-state index is 0.121. The molecule has 4 heteroatoms. The van der Waals surface area contributed by atoms with Gasteiger partial charge >= 0.3 is 0 Å². The maximum Gasteiger partial charge on any atom is 0.111 e. The molecule has 0 aliphatic carbocycles. The first-order valence-electron chi connectivity index (χ1n) is 5.98. The zero-order valence-corrected chi connectivity index (χ0v) is 11.4. The first-order valence-corrected chi connectivity index (χ1v) is 6.36. The number of hydrogen-bond acceptors (Lipinski definition) is 2. The lowest BCUT2D eigenvalue weighted by molar-refractivity contribution is 0.295. The van der Waals surface area contributed by atoms with E-state index in [4.69, 9.17) is 16.7 Å². The van der Waals surface area contributed by atoms with Gasteiger partial charge < -0.3 is 9.67 Å². The molecule has 0 aliphatic rings. The van der Waals surface area contributed by atoms with Crippen LogP contribution in [0.15, 0.2) is 24.3 Å². The molecule has 1 aromatic carbocycles. The third kappa shape index (κ3) is 2.57. The smallest absolute Gasteiger partial charge is 0.111 e. The highest BCUT2D eigenvalue weighted by molar-refractivity contribution is 6.31. The molecule has 0 atom stereocenters. The van der Waals surface area contributed by atoms with E-state index >= 15 is 0 Å². The lowest BCUT2D eigenvalue weighted by atomic mass is 10.1. The van der Waals surface area contributed by atoms with Crippen molar-refractivity contribution in [3.8, 4) is 0 Å². The van der Waals surface area contributed by atoms with Crippen LogP contribution in [0, 0.1) is 6.92 Å². The van der Waals surface area contributed by atoms with Gasteiger partial charge in [0, 0.05) is 30.6 Å². The summed E-state index contributed by atoms with van der Waals surface area (Å²) in [6, 6.07) is 7.81. The van der Waals surface area contributed by atoms with E-state index in [9.17, 15) is 0 Å². The molecule has 1 N–H and O–H groups in total. The largest absolute Gasteiger partial charge is 0.396 e. The Morgan fingerprint density at radius 2 is 2.06 bits per heavy atom. The second-order valence-corrected chi connectivity index (χ2v) is 4.77. The fraction of sp³-hybridized carbons (Fsp3) is 0.357. The molecule has 0 unspecified atom stereocenters. The van der Waals surface area contributed by atoms with Crippen LogP contribution in [0.2, 0.25) is 5.02 Å². The standard InChI is InChI=1S/C14H17ClN2O/c1-10-13(16-14(7-8-18)17(10)2)9-11-5-3-4-6-12(11)15/h3-6,18H,7-9H2,1-2H3. The number of rotatable bonds is 4. The Morgan fingerprint density at radius 3 is 2.72 bits per heavy atom. The zero-order valence-electron chi connectivity index (χ0n) is 10.7. The average molecular weight is 265 g/mol. The summed E-state index contributed by atoms with van der Waals surface area (Å²) < 4.78 is 2.03. The number of aliphatic hydroxyl groups excluding tert-OH is 1. The Hall–Kier alpha value is -1.32. The van der Waals surface area contributed by atoms with Crippen molar-refractivity contribution in [1.82, 2.24) is 9.55 Å². The fourth-order valence-corrected chi connectivity index (χ4v) is 2.21. The third-order valence-electron chi connectivity index (χ3n) is 3.22. The van der Waals surface area contributed by atoms with Gasteiger partial charge in [-0.3, -0.25) is 0 Å². The Morgan fingerprint density at radius 1 is 1.33 bits per heavy atom. The molecule has 0 saturated carbocycles. The monoisotopic (exact) mass is 264 g/mol. The van der Waals surface area contributed by atoms with Crippen molar-refractivity contribution in [1.29, 1.82) is 0 Å². The minimum Gasteiger partial charge on any atom is -0.396 e. The summed E-state index contributed by atoms with van der Waals surface area (Å²) in [6.45, 7) is 2.16. The zero-order chi connectivity index (χ0) is 13.1. The first-order chi connectivity index (χ1) is 8.63.